The second kappa shape index (κ2) is 9.44. The van der Waals surface area contributed by atoms with Gasteiger partial charge in [-0.05, 0) is 37.3 Å². The van der Waals surface area contributed by atoms with E-state index in [0.717, 1.165) is 5.56 Å². The van der Waals surface area contributed by atoms with Gasteiger partial charge in [0.05, 0.1) is 6.61 Å². The number of carbonyl (C=O) groups excluding carboxylic acids is 2. The lowest BCUT2D eigenvalue weighted by molar-refractivity contribution is -0.118. The lowest BCUT2D eigenvalue weighted by Gasteiger charge is -2.09. The maximum atomic E-state index is 12.0. The minimum Gasteiger partial charge on any atom is -0.484 e. The molecule has 0 saturated carbocycles. The Kier molecular flexibility index (Phi) is 6.98. The van der Waals surface area contributed by atoms with E-state index in [-0.39, 0.29) is 18.4 Å². The van der Waals surface area contributed by atoms with Gasteiger partial charge in [0.2, 0.25) is 0 Å². The topological polar surface area (TPSA) is 76.7 Å². The molecule has 6 heteroatoms. The van der Waals surface area contributed by atoms with E-state index in [1.54, 1.807) is 31.4 Å². The van der Waals surface area contributed by atoms with Gasteiger partial charge in [0.1, 0.15) is 5.75 Å². The summed E-state index contributed by atoms with van der Waals surface area (Å²) >= 11 is 0. The Hall–Kier alpha value is -2.86. The van der Waals surface area contributed by atoms with Crippen LogP contribution in [0.2, 0.25) is 0 Å². The smallest absolute Gasteiger partial charge is 0.262 e. The molecule has 2 rings (SSSR count). The molecule has 0 aliphatic heterocycles. The molecule has 0 aliphatic carbocycles. The SMILES string of the molecule is COCCNC(=O)c1cccc(NC(=O)COc2ccc(C)cc2)c1. The van der Waals surface area contributed by atoms with Gasteiger partial charge in [-0.25, -0.2) is 0 Å². The second-order valence-corrected chi connectivity index (χ2v) is 5.48. The van der Waals surface area contributed by atoms with Crippen molar-refractivity contribution in [3.8, 4) is 5.75 Å². The van der Waals surface area contributed by atoms with Gasteiger partial charge in [-0.3, -0.25) is 9.59 Å². The fraction of sp³-hybridized carbons (Fsp3) is 0.263. The van der Waals surface area contributed by atoms with Gasteiger partial charge in [-0.15, -0.1) is 0 Å². The fourth-order valence-electron chi connectivity index (χ4n) is 2.09. The first-order chi connectivity index (χ1) is 12.1. The summed E-state index contributed by atoms with van der Waals surface area (Å²) in [6.07, 6.45) is 0. The van der Waals surface area contributed by atoms with Crippen molar-refractivity contribution < 1.29 is 19.1 Å². The number of nitrogens with one attached hydrogen (secondary N) is 2. The highest BCUT2D eigenvalue weighted by molar-refractivity contribution is 5.97. The third-order valence-electron chi connectivity index (χ3n) is 3.39. The Morgan fingerprint density at radius 3 is 2.56 bits per heavy atom. The van der Waals surface area contributed by atoms with Crippen molar-refractivity contribution in [2.45, 2.75) is 6.92 Å². The van der Waals surface area contributed by atoms with Crippen LogP contribution in [0.5, 0.6) is 5.75 Å². The number of amides is 2. The van der Waals surface area contributed by atoms with Crippen molar-refractivity contribution in [3.63, 3.8) is 0 Å². The fourth-order valence-corrected chi connectivity index (χ4v) is 2.09. The van der Waals surface area contributed by atoms with Gasteiger partial charge in [0, 0.05) is 24.9 Å². The number of rotatable bonds is 8. The number of ether oxygens (including phenoxy) is 2. The molecule has 132 valence electrons. The Morgan fingerprint density at radius 1 is 1.08 bits per heavy atom. The van der Waals surface area contributed by atoms with Gasteiger partial charge in [0.25, 0.3) is 11.8 Å². The number of carbonyl (C=O) groups is 2. The van der Waals surface area contributed by atoms with Crippen molar-refractivity contribution >= 4 is 17.5 Å². The van der Waals surface area contributed by atoms with Crippen LogP contribution in [0.15, 0.2) is 48.5 Å². The zero-order chi connectivity index (χ0) is 18.1. The largest absolute Gasteiger partial charge is 0.484 e. The molecule has 0 bridgehead atoms. The molecule has 0 saturated heterocycles. The molecule has 2 aromatic carbocycles. The second-order valence-electron chi connectivity index (χ2n) is 5.48. The number of hydrogen-bond acceptors (Lipinski definition) is 4. The standard InChI is InChI=1S/C19H22N2O4/c1-14-6-8-17(9-7-14)25-13-18(22)21-16-5-3-4-15(12-16)19(23)20-10-11-24-2/h3-9,12H,10-11,13H2,1-2H3,(H,20,23)(H,21,22). The average molecular weight is 342 g/mol. The van der Waals surface area contributed by atoms with Crippen LogP contribution in [0.3, 0.4) is 0 Å². The van der Waals surface area contributed by atoms with Crippen molar-refractivity contribution in [2.24, 2.45) is 0 Å². The number of methoxy groups -OCH3 is 1. The molecule has 2 N–H and O–H groups in total. The molecule has 6 nitrogen and oxygen atoms in total. The highest BCUT2D eigenvalue weighted by Gasteiger charge is 2.08. The minimum atomic E-state index is -0.294. The van der Waals surface area contributed by atoms with E-state index >= 15 is 0 Å². The van der Waals surface area contributed by atoms with E-state index in [9.17, 15) is 9.59 Å². The maximum absolute atomic E-state index is 12.0. The summed E-state index contributed by atoms with van der Waals surface area (Å²) in [6, 6.07) is 14.2. The summed E-state index contributed by atoms with van der Waals surface area (Å²) in [6.45, 7) is 2.75. The summed E-state index contributed by atoms with van der Waals surface area (Å²) in [7, 11) is 1.57. The third-order valence-corrected chi connectivity index (χ3v) is 3.39. The zero-order valence-corrected chi connectivity index (χ0v) is 14.4. The quantitative estimate of drug-likeness (QED) is 0.722. The molecular formula is C19H22N2O4. The van der Waals surface area contributed by atoms with E-state index in [1.807, 2.05) is 31.2 Å². The van der Waals surface area contributed by atoms with Crippen LogP contribution in [-0.4, -0.2) is 38.7 Å². The van der Waals surface area contributed by atoms with Gasteiger partial charge in [0.15, 0.2) is 6.61 Å². The molecular weight excluding hydrogens is 320 g/mol. The van der Waals surface area contributed by atoms with Gasteiger partial charge >= 0.3 is 0 Å². The molecule has 0 radical (unpaired) electrons. The van der Waals surface area contributed by atoms with Crippen LogP contribution in [0.4, 0.5) is 5.69 Å². The summed E-state index contributed by atoms with van der Waals surface area (Å²) in [5.74, 6) is 0.119. The molecule has 0 aromatic heterocycles. The molecule has 0 unspecified atom stereocenters. The van der Waals surface area contributed by atoms with Gasteiger partial charge < -0.3 is 20.1 Å². The van der Waals surface area contributed by atoms with E-state index in [0.29, 0.717) is 30.2 Å². The Morgan fingerprint density at radius 2 is 1.84 bits per heavy atom. The van der Waals surface area contributed by atoms with Crippen molar-refractivity contribution in [1.82, 2.24) is 5.32 Å². The molecule has 2 amide bonds. The lowest BCUT2D eigenvalue weighted by atomic mass is 10.2. The number of aryl methyl sites for hydroxylation is 1. The van der Waals surface area contributed by atoms with E-state index in [2.05, 4.69) is 10.6 Å². The first-order valence-electron chi connectivity index (χ1n) is 7.95. The first kappa shape index (κ1) is 18.5. The van der Waals surface area contributed by atoms with Gasteiger partial charge in [-0.1, -0.05) is 23.8 Å². The number of benzene rings is 2. The van der Waals surface area contributed by atoms with Crippen molar-refractivity contribution in [3.05, 3.63) is 59.7 Å². The van der Waals surface area contributed by atoms with Crippen molar-refractivity contribution in [1.29, 1.82) is 0 Å². The highest BCUT2D eigenvalue weighted by Crippen LogP contribution is 2.13. The van der Waals surface area contributed by atoms with Gasteiger partial charge in [-0.2, -0.15) is 0 Å². The molecule has 0 aliphatic rings. The predicted molar refractivity (Wildman–Crippen MR) is 96.0 cm³/mol. The summed E-state index contributed by atoms with van der Waals surface area (Å²) in [5.41, 5.74) is 2.13. The van der Waals surface area contributed by atoms with E-state index in [1.165, 1.54) is 0 Å². The van der Waals surface area contributed by atoms with Crippen LogP contribution in [0.25, 0.3) is 0 Å². The normalized spacial score (nSPS) is 10.2. The van der Waals surface area contributed by atoms with Crippen LogP contribution in [-0.2, 0) is 9.53 Å². The third kappa shape index (κ3) is 6.27. The zero-order valence-electron chi connectivity index (χ0n) is 14.4. The first-order valence-corrected chi connectivity index (χ1v) is 7.95. The molecule has 0 spiro atoms. The van der Waals surface area contributed by atoms with E-state index < -0.39 is 0 Å². The van der Waals surface area contributed by atoms with Crippen LogP contribution in [0.1, 0.15) is 15.9 Å². The lowest BCUT2D eigenvalue weighted by Crippen LogP contribution is -2.27. The Balaban J connectivity index is 1.86. The highest BCUT2D eigenvalue weighted by atomic mass is 16.5. The maximum Gasteiger partial charge on any atom is 0.262 e. The monoisotopic (exact) mass is 342 g/mol. The minimum absolute atomic E-state index is 0.104. The van der Waals surface area contributed by atoms with Crippen LogP contribution >= 0.6 is 0 Å². The van der Waals surface area contributed by atoms with E-state index in [4.69, 9.17) is 9.47 Å². The molecule has 0 heterocycles. The molecule has 0 atom stereocenters. The Labute approximate surface area is 147 Å². The summed E-state index contributed by atoms with van der Waals surface area (Å²) in [5, 5.41) is 5.45. The summed E-state index contributed by atoms with van der Waals surface area (Å²) < 4.78 is 10.3. The number of hydrogen-bond donors (Lipinski definition) is 2. The van der Waals surface area contributed by atoms with Crippen LogP contribution < -0.4 is 15.4 Å². The van der Waals surface area contributed by atoms with Crippen molar-refractivity contribution in [2.75, 3.05) is 32.2 Å². The molecule has 2 aromatic rings. The molecule has 25 heavy (non-hydrogen) atoms. The van der Waals surface area contributed by atoms with Crippen LogP contribution in [0, 0.1) is 6.92 Å². The average Bonchev–Trinajstić information content (AvgIpc) is 2.61. The molecule has 0 fully saturated rings. The predicted octanol–water partition coefficient (Wildman–Crippen LogP) is 2.39. The Bertz CT molecular complexity index is 714. The number of anilines is 1. The summed E-state index contributed by atoms with van der Waals surface area (Å²) in [4.78, 5) is 24.0.